The van der Waals surface area contributed by atoms with E-state index < -0.39 is 70.9 Å². The minimum atomic E-state index is -1.15. The average molecular weight is 1060 g/mol. The maximum absolute atomic E-state index is 16.4. The number of alkyl halides is 1. The topological polar surface area (TPSA) is 164 Å². The van der Waals surface area contributed by atoms with Crippen LogP contribution < -0.4 is 30.7 Å². The molecule has 14 nitrogen and oxygen atoms in total. The summed E-state index contributed by atoms with van der Waals surface area (Å²) in [6.45, 7) is 4.39. The second-order valence-corrected chi connectivity index (χ2v) is 21.1. The van der Waals surface area contributed by atoms with E-state index >= 15 is 17.6 Å². The molecule has 5 heterocycles. The van der Waals surface area contributed by atoms with Crippen molar-refractivity contribution in [2.75, 3.05) is 64.0 Å². The molecule has 1 aromatic heterocycles. The molecule has 4 aromatic carbocycles. The molecule has 1 aliphatic carbocycles. The monoisotopic (exact) mass is 1060 g/mol. The third-order valence-corrected chi connectivity index (χ3v) is 16.7. The Balaban J connectivity index is 0.739. The lowest BCUT2D eigenvalue weighted by atomic mass is 9.77. The van der Waals surface area contributed by atoms with E-state index in [2.05, 4.69) is 20.6 Å². The molecule has 2 atom stereocenters. The van der Waals surface area contributed by atoms with Crippen molar-refractivity contribution in [1.82, 2.24) is 30.2 Å². The van der Waals surface area contributed by atoms with E-state index in [1.54, 1.807) is 7.05 Å². The van der Waals surface area contributed by atoms with Gasteiger partial charge in [-0.15, -0.1) is 0 Å². The number of piperidine rings is 2. The number of imide groups is 1. The van der Waals surface area contributed by atoms with Crippen molar-refractivity contribution in [3.63, 3.8) is 0 Å². The second kappa shape index (κ2) is 21.4. The number of aromatic nitrogens is 2. The zero-order valence-electron chi connectivity index (χ0n) is 41.8. The van der Waals surface area contributed by atoms with E-state index in [1.165, 1.54) is 27.8 Å². The molecule has 0 bridgehead atoms. The number of hydrogen-bond acceptors (Lipinski definition) is 9. The fourth-order valence-electron chi connectivity index (χ4n) is 12.4. The number of hydrogen-bond donors (Lipinski definition) is 3. The number of rotatable bonds is 14. The molecule has 398 valence electrons. The van der Waals surface area contributed by atoms with Crippen LogP contribution in [0.1, 0.15) is 104 Å². The summed E-state index contributed by atoms with van der Waals surface area (Å²) in [6.07, 6.45) is 5.77. The van der Waals surface area contributed by atoms with Gasteiger partial charge in [-0.25, -0.2) is 26.7 Å². The van der Waals surface area contributed by atoms with Crippen LogP contribution >= 0.6 is 11.6 Å². The molecule has 10 rings (SSSR count). The minimum Gasteiger partial charge on any atom is -0.488 e. The molecule has 5 amide bonds. The number of anilines is 1. The Hall–Kier alpha value is -6.31. The molecular formula is C55H60ClF5N8O6. The predicted octanol–water partition coefficient (Wildman–Crippen LogP) is 9.00. The summed E-state index contributed by atoms with van der Waals surface area (Å²) < 4.78 is 90.9. The Morgan fingerprint density at radius 1 is 0.893 bits per heavy atom. The largest absolute Gasteiger partial charge is 0.488 e. The molecule has 75 heavy (non-hydrogen) atoms. The highest BCUT2D eigenvalue weighted by Crippen LogP contribution is 2.57. The van der Waals surface area contributed by atoms with Gasteiger partial charge in [0, 0.05) is 92.4 Å². The van der Waals surface area contributed by atoms with E-state index in [-0.39, 0.29) is 93.8 Å². The van der Waals surface area contributed by atoms with Crippen molar-refractivity contribution in [1.29, 1.82) is 0 Å². The fraction of sp³-hybridized carbons (Fsp3) is 0.473. The Morgan fingerprint density at radius 2 is 1.61 bits per heavy atom. The fourth-order valence-corrected chi connectivity index (χ4v) is 12.6. The van der Waals surface area contributed by atoms with E-state index in [1.807, 2.05) is 42.2 Å². The molecule has 5 aromatic rings. The summed E-state index contributed by atoms with van der Waals surface area (Å²) in [6, 6.07) is 13.6. The second-order valence-electron chi connectivity index (χ2n) is 20.7. The lowest BCUT2D eigenvalue weighted by Gasteiger charge is -2.40. The molecule has 2 unspecified atom stereocenters. The Bertz CT molecular complexity index is 3030. The number of nitrogens with zero attached hydrogens (tertiary/aromatic N) is 5. The average Bonchev–Trinajstić information content (AvgIpc) is 3.88. The van der Waals surface area contributed by atoms with Crippen molar-refractivity contribution < 1.29 is 50.6 Å². The van der Waals surface area contributed by atoms with Gasteiger partial charge in [0.05, 0.1) is 16.0 Å². The Labute approximate surface area is 436 Å². The Morgan fingerprint density at radius 3 is 2.29 bits per heavy atom. The molecule has 20 heteroatoms. The van der Waals surface area contributed by atoms with Crippen LogP contribution in [0.4, 0.5) is 32.6 Å². The normalized spacial score (nSPS) is 22.9. The van der Waals surface area contributed by atoms with Crippen LogP contribution in [0.25, 0.3) is 22.0 Å². The maximum Gasteiger partial charge on any atom is 0.329 e. The Kier molecular flexibility index (Phi) is 14.9. The van der Waals surface area contributed by atoms with Crippen LogP contribution in [0.2, 0.25) is 5.02 Å². The standard InChI is InChI=1S/C55H60ClF5N8O6/c1-30-43-41(27-39(59)47(56)46(43)45-36(51(62)71)12-13-40(48(45)60)74-25-19-57)75-55(30,34-6-4-3-5-7-34)29-63-35-10-8-33(9-11-35)53(72)68-22-14-31(15-23-68)28-67-20-16-32(17-21-67)44-38(58)26-37-50(49(44)61)66(2)65-52(37)69-24-18-42(70)64-54(69)73/h3-7,12-13,26-27,30-33,35,63H,8-11,14-25,28-29H2,1-2H3,(H2,62,71)(H,64,70,73). The zero-order valence-corrected chi connectivity index (χ0v) is 42.6. The van der Waals surface area contributed by atoms with Crippen LogP contribution in [0.5, 0.6) is 11.5 Å². The number of halogens is 6. The number of amides is 5. The summed E-state index contributed by atoms with van der Waals surface area (Å²) in [7, 11) is 1.56. The van der Waals surface area contributed by atoms with E-state index in [4.69, 9.17) is 26.8 Å². The summed E-state index contributed by atoms with van der Waals surface area (Å²) in [5.74, 6) is -5.32. The zero-order chi connectivity index (χ0) is 52.9. The first-order valence-corrected chi connectivity index (χ1v) is 26.2. The van der Waals surface area contributed by atoms with Gasteiger partial charge in [0.15, 0.2) is 28.8 Å². The third-order valence-electron chi connectivity index (χ3n) is 16.4. The van der Waals surface area contributed by atoms with Crippen molar-refractivity contribution in [2.45, 2.75) is 88.2 Å². The van der Waals surface area contributed by atoms with Gasteiger partial charge in [-0.05, 0) is 100 Å². The summed E-state index contributed by atoms with van der Waals surface area (Å²) >= 11 is 6.70. The van der Waals surface area contributed by atoms with E-state index in [9.17, 15) is 23.6 Å². The van der Waals surface area contributed by atoms with Crippen LogP contribution in [0.15, 0.2) is 54.6 Å². The lowest BCUT2D eigenvalue weighted by Crippen LogP contribution is -2.49. The number of aryl methyl sites for hydroxylation is 1. The van der Waals surface area contributed by atoms with Crippen molar-refractivity contribution in [3.8, 4) is 22.6 Å². The minimum absolute atomic E-state index is 0.0224. The third kappa shape index (κ3) is 9.79. The number of likely N-dealkylation sites (tertiary alicyclic amines) is 2. The number of ether oxygens (including phenoxy) is 2. The van der Waals surface area contributed by atoms with Crippen molar-refractivity contribution in [2.24, 2.45) is 24.6 Å². The first kappa shape index (κ1) is 52.1. The number of nitrogens with one attached hydrogen (secondary N) is 2. The molecule has 0 radical (unpaired) electrons. The summed E-state index contributed by atoms with van der Waals surface area (Å²) in [5, 5.41) is 10.0. The predicted molar refractivity (Wildman–Crippen MR) is 272 cm³/mol. The van der Waals surface area contributed by atoms with Gasteiger partial charge in [0.2, 0.25) is 17.7 Å². The first-order chi connectivity index (χ1) is 36.1. The lowest BCUT2D eigenvalue weighted by molar-refractivity contribution is -0.138. The van der Waals surface area contributed by atoms with Crippen molar-refractivity contribution >= 4 is 52.1 Å². The number of carbonyl (C=O) groups is 4. The quantitative estimate of drug-likeness (QED) is 0.0922. The molecule has 3 saturated heterocycles. The number of fused-ring (bicyclic) bond motifs is 2. The van der Waals surface area contributed by atoms with Gasteiger partial charge in [-0.1, -0.05) is 48.9 Å². The SMILES string of the molecule is CC1c2c(cc(F)c(Cl)c2-c2c(C(N)=O)ccc(OCCF)c2F)OC1(CNC1CCC(C(=O)N2CCC(CN3CCC(c4c(F)cc5c(N6CCC(=O)NC6=O)nn(C)c5c4F)CC3)CC2)CC1)c1ccccc1. The summed E-state index contributed by atoms with van der Waals surface area (Å²) in [5.41, 5.74) is 5.14. The van der Waals surface area contributed by atoms with Crippen LogP contribution in [-0.2, 0) is 22.2 Å². The van der Waals surface area contributed by atoms with Crippen molar-refractivity contribution in [3.05, 3.63) is 105 Å². The van der Waals surface area contributed by atoms with Crippen LogP contribution in [-0.4, -0.2) is 108 Å². The van der Waals surface area contributed by atoms with Gasteiger partial charge in [0.25, 0.3) is 0 Å². The van der Waals surface area contributed by atoms with Gasteiger partial charge >= 0.3 is 6.03 Å². The van der Waals surface area contributed by atoms with Crippen LogP contribution in [0.3, 0.4) is 0 Å². The highest BCUT2D eigenvalue weighted by molar-refractivity contribution is 6.34. The first-order valence-electron chi connectivity index (χ1n) is 25.9. The molecule has 4 aliphatic heterocycles. The maximum atomic E-state index is 16.4. The van der Waals surface area contributed by atoms with E-state index in [0.29, 0.717) is 63.3 Å². The number of urea groups is 1. The number of primary amides is 1. The summed E-state index contributed by atoms with van der Waals surface area (Å²) in [4.78, 5) is 56.6. The molecule has 1 saturated carbocycles. The van der Waals surface area contributed by atoms with Gasteiger partial charge in [-0.2, -0.15) is 5.10 Å². The molecule has 4 N–H and O–H groups in total. The van der Waals surface area contributed by atoms with E-state index in [0.717, 1.165) is 43.9 Å². The molecule has 4 fully saturated rings. The highest BCUT2D eigenvalue weighted by Gasteiger charge is 2.50. The molecule has 0 spiro atoms. The molecular weight excluding hydrogens is 999 g/mol. The van der Waals surface area contributed by atoms with Gasteiger partial charge in [0.1, 0.15) is 36.2 Å². The smallest absolute Gasteiger partial charge is 0.329 e. The highest BCUT2D eigenvalue weighted by atomic mass is 35.5. The van der Waals surface area contributed by atoms with Crippen LogP contribution in [0, 0.1) is 35.1 Å². The van der Waals surface area contributed by atoms with Gasteiger partial charge in [-0.3, -0.25) is 29.3 Å². The number of carbonyl (C=O) groups excluding carboxylic acids is 4. The van der Waals surface area contributed by atoms with Gasteiger partial charge < -0.3 is 30.3 Å². The molecule has 5 aliphatic rings. The number of nitrogens with two attached hydrogens (primary N) is 1. The number of benzene rings is 4.